The largest absolute Gasteiger partial charge is 0.508 e. The van der Waals surface area contributed by atoms with Crippen molar-refractivity contribution in [1.82, 2.24) is 10.2 Å². The van der Waals surface area contributed by atoms with Gasteiger partial charge in [0.15, 0.2) is 11.4 Å². The van der Waals surface area contributed by atoms with Crippen LogP contribution in [-0.4, -0.2) is 91.3 Å². The second kappa shape index (κ2) is 9.32. The number of aromatic hydroxyl groups is 1. The number of urea groups is 1. The molecule has 40 heavy (non-hydrogen) atoms. The molecule has 13 nitrogen and oxygen atoms in total. The van der Waals surface area contributed by atoms with Gasteiger partial charge in [-0.2, -0.15) is 0 Å². The van der Waals surface area contributed by atoms with Gasteiger partial charge in [-0.15, -0.1) is 0 Å². The molecule has 0 unspecified atom stereocenters. The molecule has 13 heteroatoms. The molecule has 0 radical (unpaired) electrons. The summed E-state index contributed by atoms with van der Waals surface area (Å²) in [7, 11) is 2.87. The molecule has 0 spiro atoms. The van der Waals surface area contributed by atoms with E-state index < -0.39 is 93.0 Å². The van der Waals surface area contributed by atoms with E-state index in [0.717, 1.165) is 0 Å². The summed E-state index contributed by atoms with van der Waals surface area (Å²) in [6.45, 7) is 6.88. The molecule has 0 bridgehead atoms. The molecule has 1 fully saturated rings. The third-order valence-electron chi connectivity index (χ3n) is 7.87. The molecule has 0 heterocycles. The molecule has 4 rings (SSSR count). The zero-order valence-electron chi connectivity index (χ0n) is 22.9. The second-order valence-corrected chi connectivity index (χ2v) is 11.8. The molecule has 3 amide bonds. The summed E-state index contributed by atoms with van der Waals surface area (Å²) in [5.41, 5.74) is 0.237. The number of nitrogens with two attached hydrogens (primary N) is 1. The van der Waals surface area contributed by atoms with E-state index in [2.05, 4.69) is 10.6 Å². The van der Waals surface area contributed by atoms with Crippen LogP contribution in [0.5, 0.6) is 5.75 Å². The summed E-state index contributed by atoms with van der Waals surface area (Å²) in [6, 6.07) is 0.837. The number of aliphatic hydroxyl groups is 4. The average Bonchev–Trinajstić information content (AvgIpc) is 2.81. The molecule has 1 aromatic carbocycles. The maximum Gasteiger partial charge on any atom is 0.319 e. The maximum atomic E-state index is 14.0. The Balaban J connectivity index is 1.93. The predicted molar refractivity (Wildman–Crippen MR) is 142 cm³/mol. The molecule has 6 atom stereocenters. The second-order valence-electron chi connectivity index (χ2n) is 11.8. The molecular formula is C27H34N4O9. The van der Waals surface area contributed by atoms with Gasteiger partial charge in [-0.25, -0.2) is 4.79 Å². The predicted octanol–water partition coefficient (Wildman–Crippen LogP) is 0.416. The van der Waals surface area contributed by atoms with E-state index in [1.807, 2.05) is 0 Å². The van der Waals surface area contributed by atoms with E-state index in [4.69, 9.17) is 5.73 Å². The lowest BCUT2D eigenvalue weighted by Crippen LogP contribution is -2.70. The van der Waals surface area contributed by atoms with Gasteiger partial charge in [-0.1, -0.05) is 13.0 Å². The summed E-state index contributed by atoms with van der Waals surface area (Å²) < 4.78 is 0. The number of hydrogen-bond acceptors (Lipinski definition) is 10. The van der Waals surface area contributed by atoms with Crippen LogP contribution >= 0.6 is 0 Å². The number of likely N-dealkylation sites (N-methyl/N-ethyl adjacent to an activating group) is 1. The number of hydrogen-bond donors (Lipinski definition) is 8. The lowest BCUT2D eigenvalue weighted by molar-refractivity contribution is -0.169. The Morgan fingerprint density at radius 2 is 1.70 bits per heavy atom. The number of fused-ring (bicyclic) bond motifs is 3. The molecule has 1 aromatic rings. The topological polar surface area (TPSA) is 223 Å². The van der Waals surface area contributed by atoms with Crippen LogP contribution in [0.2, 0.25) is 0 Å². The number of anilines is 1. The van der Waals surface area contributed by atoms with Crippen LogP contribution in [0.1, 0.15) is 44.7 Å². The minimum Gasteiger partial charge on any atom is -0.508 e. The number of phenolic OH excluding ortho intramolecular Hbond substituents is 1. The minimum absolute atomic E-state index is 0.0895. The standard InChI is InChI=1S/C27H34N4O9/c1-9-10-7-8-11(29-25(39)30-26(2,3)4)18(32)13(10)19(33)14-12(9)20(34)16-17(31(5)6)21(35)15(24(28)38)23(37)27(16,40)22(14)36/h7-9,12,16-17,20,32-34,37,40H,1-6H3,(H2,28,38)(H2,29,30,39)/t9-,12+,16+,17-,20-,27-/m0/s1. The van der Waals surface area contributed by atoms with Crippen molar-refractivity contribution in [3.63, 3.8) is 0 Å². The number of nitrogens with one attached hydrogen (secondary N) is 2. The van der Waals surface area contributed by atoms with Gasteiger partial charge in [0.1, 0.15) is 22.8 Å². The van der Waals surface area contributed by atoms with Gasteiger partial charge >= 0.3 is 6.03 Å². The van der Waals surface area contributed by atoms with Crippen LogP contribution in [0.4, 0.5) is 10.5 Å². The SMILES string of the molecule is C[C@H]1c2ccc(NC(=O)NC(C)(C)C)c(O)c2C(O)=C2C(=O)[C@]3(O)C(O)=C(C(N)=O)C(=O)[C@@H](N(C)C)[C@@H]3[C@@H](O)[C@@H]21. The van der Waals surface area contributed by atoms with Crippen molar-refractivity contribution in [3.8, 4) is 5.75 Å². The normalized spacial score (nSPS) is 30.1. The highest BCUT2D eigenvalue weighted by Crippen LogP contribution is 2.56. The molecule has 216 valence electrons. The number of benzene rings is 1. The number of rotatable bonds is 3. The van der Waals surface area contributed by atoms with Gasteiger partial charge in [0.2, 0.25) is 5.78 Å². The van der Waals surface area contributed by atoms with Crippen LogP contribution in [0, 0.1) is 11.8 Å². The van der Waals surface area contributed by atoms with Gasteiger partial charge in [-0.05, 0) is 52.4 Å². The summed E-state index contributed by atoms with van der Waals surface area (Å²) in [4.78, 5) is 53.0. The summed E-state index contributed by atoms with van der Waals surface area (Å²) in [5.74, 6) is -9.86. The maximum absolute atomic E-state index is 14.0. The number of nitrogens with zero attached hydrogens (tertiary/aromatic N) is 1. The van der Waals surface area contributed by atoms with E-state index in [1.165, 1.54) is 31.1 Å². The number of amides is 3. The van der Waals surface area contributed by atoms with Crippen molar-refractivity contribution in [2.24, 2.45) is 17.6 Å². The van der Waals surface area contributed by atoms with Crippen molar-refractivity contribution < 1.29 is 44.7 Å². The Morgan fingerprint density at radius 1 is 1.10 bits per heavy atom. The van der Waals surface area contributed by atoms with Gasteiger partial charge in [-0.3, -0.25) is 19.3 Å². The van der Waals surface area contributed by atoms with Gasteiger partial charge in [0, 0.05) is 17.0 Å². The number of primary amides is 1. The Hall–Kier alpha value is -3.94. The highest BCUT2D eigenvalue weighted by Gasteiger charge is 2.68. The monoisotopic (exact) mass is 558 g/mol. The number of carbonyl (C=O) groups excluding carboxylic acids is 4. The zero-order valence-corrected chi connectivity index (χ0v) is 22.9. The molecule has 0 saturated heterocycles. The molecular weight excluding hydrogens is 524 g/mol. The first-order chi connectivity index (χ1) is 18.4. The lowest BCUT2D eigenvalue weighted by Gasteiger charge is -2.53. The van der Waals surface area contributed by atoms with Crippen molar-refractivity contribution in [3.05, 3.63) is 40.2 Å². The molecule has 3 aliphatic rings. The number of ketones is 2. The Bertz CT molecular complexity index is 1410. The first-order valence-electron chi connectivity index (χ1n) is 12.6. The fraction of sp³-hybridized carbons (Fsp3) is 0.481. The van der Waals surface area contributed by atoms with Crippen LogP contribution in [-0.2, 0) is 14.4 Å². The van der Waals surface area contributed by atoms with Crippen molar-refractivity contribution in [1.29, 1.82) is 0 Å². The fourth-order valence-corrected chi connectivity index (χ4v) is 6.21. The van der Waals surface area contributed by atoms with E-state index in [0.29, 0.717) is 5.56 Å². The van der Waals surface area contributed by atoms with Gasteiger partial charge < -0.3 is 41.9 Å². The Kier molecular flexibility index (Phi) is 6.77. The first-order valence-corrected chi connectivity index (χ1v) is 12.6. The zero-order chi connectivity index (χ0) is 30.2. The fourth-order valence-electron chi connectivity index (χ4n) is 6.21. The number of aliphatic hydroxyl groups excluding tert-OH is 3. The quantitative estimate of drug-likeness (QED) is 0.188. The highest BCUT2D eigenvalue weighted by atomic mass is 16.4. The molecule has 0 aliphatic heterocycles. The molecule has 1 saturated carbocycles. The van der Waals surface area contributed by atoms with E-state index in [1.54, 1.807) is 27.7 Å². The van der Waals surface area contributed by atoms with Crippen molar-refractivity contribution in [2.75, 3.05) is 19.4 Å². The van der Waals surface area contributed by atoms with E-state index in [-0.39, 0.29) is 11.3 Å². The molecule has 9 N–H and O–H groups in total. The Labute approximate surface area is 230 Å². The van der Waals surface area contributed by atoms with Crippen LogP contribution in [0.3, 0.4) is 0 Å². The van der Waals surface area contributed by atoms with Gasteiger partial charge in [0.05, 0.1) is 29.3 Å². The van der Waals surface area contributed by atoms with E-state index in [9.17, 15) is 44.7 Å². The smallest absolute Gasteiger partial charge is 0.319 e. The molecule has 3 aliphatic carbocycles. The minimum atomic E-state index is -3.00. The summed E-state index contributed by atoms with van der Waals surface area (Å²) in [6.07, 6.45) is -1.69. The van der Waals surface area contributed by atoms with Crippen molar-refractivity contribution in [2.45, 2.75) is 56.9 Å². The lowest BCUT2D eigenvalue weighted by atomic mass is 9.54. The van der Waals surface area contributed by atoms with Crippen LogP contribution < -0.4 is 16.4 Å². The van der Waals surface area contributed by atoms with E-state index >= 15 is 0 Å². The third-order valence-corrected chi connectivity index (χ3v) is 7.87. The van der Waals surface area contributed by atoms with Crippen LogP contribution in [0.25, 0.3) is 5.76 Å². The number of carbonyl (C=O) groups is 4. The Morgan fingerprint density at radius 3 is 2.23 bits per heavy atom. The number of phenols is 1. The van der Waals surface area contributed by atoms with Gasteiger partial charge in [0.25, 0.3) is 5.91 Å². The summed E-state index contributed by atoms with van der Waals surface area (Å²) in [5, 5.41) is 61.9. The van der Waals surface area contributed by atoms with Crippen molar-refractivity contribution >= 4 is 35.0 Å². The highest BCUT2D eigenvalue weighted by molar-refractivity contribution is 6.24. The first kappa shape index (κ1) is 29.1. The third kappa shape index (κ3) is 4.03. The average molecular weight is 559 g/mol. The summed E-state index contributed by atoms with van der Waals surface area (Å²) >= 11 is 0. The number of Topliss-reactive ketones (excluding diaryl/α,β-unsaturated/α-hetero) is 2. The van der Waals surface area contributed by atoms with Crippen LogP contribution in [0.15, 0.2) is 29.0 Å². The molecule has 0 aromatic heterocycles.